The molecule has 0 aliphatic carbocycles. The summed E-state index contributed by atoms with van der Waals surface area (Å²) in [7, 11) is 3.00. The van der Waals surface area contributed by atoms with Crippen LogP contribution in [-0.2, 0) is 20.7 Å². The third-order valence-electron chi connectivity index (χ3n) is 4.30. The fraction of sp³-hybridized carbons (Fsp3) is 0.316. The standard InChI is InChI=1S/C19H20N4O4S2/c1-11(18-21-13-6-4-5-7-14(13)29-18)23(2)16(25)10-28-19-20-12(8-15(24)22-19)9-17(26)27-3/h4-8,11H,9-10H2,1-3H3,(H,20,22,24)/t11-/m0/s1. The molecule has 8 nitrogen and oxygen atoms in total. The zero-order chi connectivity index (χ0) is 21.0. The molecule has 0 saturated heterocycles. The average Bonchev–Trinajstić information content (AvgIpc) is 3.14. The fourth-order valence-corrected chi connectivity index (χ4v) is 4.43. The quantitative estimate of drug-likeness (QED) is 0.347. The Morgan fingerprint density at radius 2 is 2.07 bits per heavy atom. The smallest absolute Gasteiger partial charge is 0.311 e. The number of amides is 1. The summed E-state index contributed by atoms with van der Waals surface area (Å²) in [5.74, 6) is -0.515. The first-order valence-corrected chi connectivity index (χ1v) is 10.6. The number of nitrogens with zero attached hydrogens (tertiary/aromatic N) is 3. The molecular formula is C19H20N4O4S2. The summed E-state index contributed by atoms with van der Waals surface area (Å²) in [5, 5.41) is 1.14. The third-order valence-corrected chi connectivity index (χ3v) is 6.37. The molecule has 1 atom stereocenters. The number of para-hydroxylation sites is 1. The molecule has 1 N–H and O–H groups in total. The van der Waals surface area contributed by atoms with E-state index in [0.29, 0.717) is 5.69 Å². The van der Waals surface area contributed by atoms with Gasteiger partial charge in [-0.2, -0.15) is 0 Å². The lowest BCUT2D eigenvalue weighted by atomic mass is 10.3. The monoisotopic (exact) mass is 432 g/mol. The van der Waals surface area contributed by atoms with Gasteiger partial charge in [0.2, 0.25) is 5.91 Å². The highest BCUT2D eigenvalue weighted by molar-refractivity contribution is 7.99. The Labute approximate surface area is 175 Å². The van der Waals surface area contributed by atoms with Gasteiger partial charge in [-0.05, 0) is 19.1 Å². The van der Waals surface area contributed by atoms with E-state index in [2.05, 4.69) is 19.7 Å². The van der Waals surface area contributed by atoms with Crippen LogP contribution in [0.3, 0.4) is 0 Å². The number of carbonyl (C=O) groups is 2. The Kier molecular flexibility index (Phi) is 6.65. The number of thioether (sulfide) groups is 1. The van der Waals surface area contributed by atoms with E-state index < -0.39 is 5.97 Å². The maximum absolute atomic E-state index is 12.6. The van der Waals surface area contributed by atoms with Crippen LogP contribution in [0.25, 0.3) is 10.2 Å². The summed E-state index contributed by atoms with van der Waals surface area (Å²) >= 11 is 2.67. The van der Waals surface area contributed by atoms with Gasteiger partial charge in [0, 0.05) is 13.1 Å². The molecule has 0 aliphatic heterocycles. The highest BCUT2D eigenvalue weighted by atomic mass is 32.2. The van der Waals surface area contributed by atoms with E-state index in [1.54, 1.807) is 23.3 Å². The van der Waals surface area contributed by atoms with Crippen LogP contribution < -0.4 is 5.56 Å². The normalized spacial score (nSPS) is 12.0. The van der Waals surface area contributed by atoms with Crippen molar-refractivity contribution in [3.05, 3.63) is 51.4 Å². The fourth-order valence-electron chi connectivity index (χ4n) is 2.54. The molecule has 3 rings (SSSR count). The van der Waals surface area contributed by atoms with Crippen LogP contribution in [0.2, 0.25) is 0 Å². The first-order valence-electron chi connectivity index (χ1n) is 8.78. The second-order valence-electron chi connectivity index (χ2n) is 6.28. The summed E-state index contributed by atoms with van der Waals surface area (Å²) in [6, 6.07) is 8.91. The largest absolute Gasteiger partial charge is 0.469 e. The van der Waals surface area contributed by atoms with Crippen LogP contribution in [0, 0.1) is 0 Å². The van der Waals surface area contributed by atoms with Gasteiger partial charge in [-0.1, -0.05) is 23.9 Å². The molecule has 3 aromatic rings. The zero-order valence-electron chi connectivity index (χ0n) is 16.2. The van der Waals surface area contributed by atoms with Gasteiger partial charge in [0.25, 0.3) is 5.56 Å². The number of aromatic amines is 1. The SMILES string of the molecule is COC(=O)Cc1cc(=O)[nH]c(SCC(=O)N(C)[C@@H](C)c2nc3ccccc3s2)n1. The molecule has 0 radical (unpaired) electrons. The van der Waals surface area contributed by atoms with Crippen LogP contribution in [0.15, 0.2) is 40.3 Å². The molecule has 152 valence electrons. The highest BCUT2D eigenvalue weighted by Crippen LogP contribution is 2.29. The maximum atomic E-state index is 12.6. The minimum absolute atomic E-state index is 0.0936. The summed E-state index contributed by atoms with van der Waals surface area (Å²) in [6.45, 7) is 1.93. The van der Waals surface area contributed by atoms with Gasteiger partial charge >= 0.3 is 5.97 Å². The molecule has 0 saturated carbocycles. The number of ether oxygens (including phenoxy) is 1. The van der Waals surface area contributed by atoms with Gasteiger partial charge in [-0.25, -0.2) is 9.97 Å². The Morgan fingerprint density at radius 3 is 2.79 bits per heavy atom. The molecule has 1 aromatic carbocycles. The second-order valence-corrected chi connectivity index (χ2v) is 8.31. The molecule has 10 heteroatoms. The number of nitrogens with one attached hydrogen (secondary N) is 1. The second kappa shape index (κ2) is 9.19. The maximum Gasteiger partial charge on any atom is 0.311 e. The number of aromatic nitrogens is 3. The number of fused-ring (bicyclic) bond motifs is 1. The molecule has 0 aliphatic rings. The van der Waals surface area contributed by atoms with Crippen molar-refractivity contribution in [1.82, 2.24) is 19.9 Å². The predicted molar refractivity (Wildman–Crippen MR) is 112 cm³/mol. The Morgan fingerprint density at radius 1 is 1.31 bits per heavy atom. The molecule has 29 heavy (non-hydrogen) atoms. The van der Waals surface area contributed by atoms with Crippen molar-refractivity contribution in [2.24, 2.45) is 0 Å². The molecule has 0 unspecified atom stereocenters. The number of benzene rings is 1. The zero-order valence-corrected chi connectivity index (χ0v) is 17.8. The third kappa shape index (κ3) is 5.21. The van der Waals surface area contributed by atoms with Crippen LogP contribution in [0.5, 0.6) is 0 Å². The molecule has 0 fully saturated rings. The first kappa shape index (κ1) is 21.0. The number of rotatable bonds is 7. The van der Waals surface area contributed by atoms with E-state index >= 15 is 0 Å². The lowest BCUT2D eigenvalue weighted by Crippen LogP contribution is -2.31. The van der Waals surface area contributed by atoms with Crippen molar-refractivity contribution in [2.45, 2.75) is 24.5 Å². The van der Waals surface area contributed by atoms with Crippen molar-refractivity contribution >= 4 is 45.2 Å². The van der Waals surface area contributed by atoms with E-state index in [0.717, 1.165) is 27.0 Å². The van der Waals surface area contributed by atoms with Gasteiger partial charge < -0.3 is 14.6 Å². The lowest BCUT2D eigenvalue weighted by molar-refractivity contribution is -0.139. The van der Waals surface area contributed by atoms with Crippen LogP contribution in [0.4, 0.5) is 0 Å². The number of hydrogen-bond donors (Lipinski definition) is 1. The molecule has 0 spiro atoms. The topological polar surface area (TPSA) is 105 Å². The Bertz CT molecular complexity index is 1060. The van der Waals surface area contributed by atoms with E-state index in [1.165, 1.54) is 13.2 Å². The first-order chi connectivity index (χ1) is 13.9. The van der Waals surface area contributed by atoms with Crippen LogP contribution >= 0.6 is 23.1 Å². The summed E-state index contributed by atoms with van der Waals surface area (Å²) in [6.07, 6.45) is -0.101. The number of esters is 1. The Balaban J connectivity index is 1.65. The van der Waals surface area contributed by atoms with E-state index in [4.69, 9.17) is 0 Å². The molecule has 2 heterocycles. The number of H-pyrrole nitrogens is 1. The number of carbonyl (C=O) groups excluding carboxylic acids is 2. The van der Waals surface area contributed by atoms with E-state index in [9.17, 15) is 14.4 Å². The molecule has 2 aromatic heterocycles. The number of hydrogen-bond acceptors (Lipinski definition) is 8. The highest BCUT2D eigenvalue weighted by Gasteiger charge is 2.21. The van der Waals surface area contributed by atoms with E-state index in [-0.39, 0.29) is 34.8 Å². The van der Waals surface area contributed by atoms with Gasteiger partial charge in [0.05, 0.1) is 41.2 Å². The lowest BCUT2D eigenvalue weighted by Gasteiger charge is -2.23. The minimum atomic E-state index is -0.487. The molecule has 1 amide bonds. The summed E-state index contributed by atoms with van der Waals surface area (Å²) in [5.41, 5.74) is 0.829. The molecular weight excluding hydrogens is 412 g/mol. The van der Waals surface area contributed by atoms with Crippen molar-refractivity contribution in [2.75, 3.05) is 19.9 Å². The minimum Gasteiger partial charge on any atom is -0.469 e. The van der Waals surface area contributed by atoms with Gasteiger partial charge in [0.1, 0.15) is 5.01 Å². The number of methoxy groups -OCH3 is 1. The summed E-state index contributed by atoms with van der Waals surface area (Å²) in [4.78, 5) is 48.8. The van der Waals surface area contributed by atoms with Gasteiger partial charge in [0.15, 0.2) is 5.16 Å². The number of thiazole rings is 1. The van der Waals surface area contributed by atoms with Crippen LogP contribution in [0.1, 0.15) is 23.7 Å². The van der Waals surface area contributed by atoms with Gasteiger partial charge in [-0.3, -0.25) is 14.4 Å². The predicted octanol–water partition coefficient (Wildman–Crippen LogP) is 2.41. The molecule has 0 bridgehead atoms. The van der Waals surface area contributed by atoms with Crippen molar-refractivity contribution in [3.63, 3.8) is 0 Å². The van der Waals surface area contributed by atoms with E-state index in [1.807, 2.05) is 31.2 Å². The summed E-state index contributed by atoms with van der Waals surface area (Å²) < 4.78 is 5.67. The Hall–Kier alpha value is -2.72. The van der Waals surface area contributed by atoms with Crippen molar-refractivity contribution in [3.8, 4) is 0 Å². The van der Waals surface area contributed by atoms with Crippen molar-refractivity contribution < 1.29 is 14.3 Å². The van der Waals surface area contributed by atoms with Gasteiger partial charge in [-0.15, -0.1) is 11.3 Å². The van der Waals surface area contributed by atoms with Crippen LogP contribution in [-0.4, -0.2) is 51.6 Å². The average molecular weight is 433 g/mol. The van der Waals surface area contributed by atoms with Crippen molar-refractivity contribution in [1.29, 1.82) is 0 Å².